The molecule has 5 rings (SSSR count). The topological polar surface area (TPSA) is 69.7 Å². The van der Waals surface area contributed by atoms with E-state index >= 15 is 0 Å². The molecule has 3 aromatic carbocycles. The summed E-state index contributed by atoms with van der Waals surface area (Å²) in [6.07, 6.45) is 5.36. The third kappa shape index (κ3) is 5.78. The predicted molar refractivity (Wildman–Crippen MR) is 156 cm³/mol. The fourth-order valence-corrected chi connectivity index (χ4v) is 6.18. The van der Waals surface area contributed by atoms with E-state index in [1.54, 1.807) is 21.9 Å². The second-order valence-electron chi connectivity index (χ2n) is 10.4. The van der Waals surface area contributed by atoms with Gasteiger partial charge in [-0.2, -0.15) is 0 Å². The van der Waals surface area contributed by atoms with Crippen LogP contribution in [-0.4, -0.2) is 41.2 Å². The van der Waals surface area contributed by atoms with Gasteiger partial charge in [-0.3, -0.25) is 14.4 Å². The summed E-state index contributed by atoms with van der Waals surface area (Å²) in [6.45, 7) is 2.60. The zero-order chi connectivity index (χ0) is 27.5. The molecule has 8 heteroatoms. The monoisotopic (exact) mass is 565 g/mol. The van der Waals surface area contributed by atoms with Crippen LogP contribution in [0, 0.1) is 0 Å². The molecule has 6 nitrogen and oxygen atoms in total. The molecule has 1 aliphatic carbocycles. The van der Waals surface area contributed by atoms with Crippen LogP contribution in [-0.2, 0) is 16.1 Å². The van der Waals surface area contributed by atoms with Crippen molar-refractivity contribution in [1.82, 2.24) is 10.2 Å². The standard InChI is InChI=1S/C31H33Cl2N3O3/c1-2-26(30(38)34-22-10-3-4-11-22)36(19-20-15-16-24(32)25(33)18-20)28(37)14-7-17-35-27-13-6-9-21-8-5-12-23(29(21)27)31(35)39/h5-6,8-9,12-13,15-16,18,22,26H,2-4,7,10-11,14,17,19H2,1H3,(H,34,38)/t26-/m0/s1. The zero-order valence-electron chi connectivity index (χ0n) is 22.1. The molecule has 1 aliphatic heterocycles. The molecule has 39 heavy (non-hydrogen) atoms. The first kappa shape index (κ1) is 27.5. The summed E-state index contributed by atoms with van der Waals surface area (Å²) in [4.78, 5) is 43.6. The summed E-state index contributed by atoms with van der Waals surface area (Å²) >= 11 is 12.4. The van der Waals surface area contributed by atoms with Crippen LogP contribution in [0.2, 0.25) is 10.0 Å². The van der Waals surface area contributed by atoms with Gasteiger partial charge in [0, 0.05) is 36.5 Å². The second-order valence-corrected chi connectivity index (χ2v) is 11.2. The molecule has 0 spiro atoms. The summed E-state index contributed by atoms with van der Waals surface area (Å²) in [5.74, 6) is -0.282. The van der Waals surface area contributed by atoms with Crippen molar-refractivity contribution in [3.8, 4) is 0 Å². The number of nitrogens with zero attached hydrogens (tertiary/aromatic N) is 2. The number of carbonyl (C=O) groups excluding carboxylic acids is 3. The first-order chi connectivity index (χ1) is 18.9. The van der Waals surface area contributed by atoms with E-state index in [4.69, 9.17) is 23.2 Å². The Kier molecular flexibility index (Phi) is 8.43. The number of hydrogen-bond donors (Lipinski definition) is 1. The fraction of sp³-hybridized carbons (Fsp3) is 0.387. The Morgan fingerprint density at radius 1 is 1.05 bits per heavy atom. The fourth-order valence-electron chi connectivity index (χ4n) is 5.85. The summed E-state index contributed by atoms with van der Waals surface area (Å²) in [7, 11) is 0. The van der Waals surface area contributed by atoms with Gasteiger partial charge in [-0.05, 0) is 60.9 Å². The van der Waals surface area contributed by atoms with Crippen LogP contribution in [0.1, 0.15) is 67.8 Å². The van der Waals surface area contributed by atoms with Crippen molar-refractivity contribution >= 4 is 57.4 Å². The van der Waals surface area contributed by atoms with Crippen LogP contribution in [0.15, 0.2) is 54.6 Å². The lowest BCUT2D eigenvalue weighted by Gasteiger charge is -2.32. The van der Waals surface area contributed by atoms with Gasteiger partial charge in [0.15, 0.2) is 0 Å². The Hall–Kier alpha value is -3.09. The van der Waals surface area contributed by atoms with Crippen molar-refractivity contribution in [3.63, 3.8) is 0 Å². The third-order valence-corrected chi connectivity index (χ3v) is 8.58. The van der Waals surface area contributed by atoms with Gasteiger partial charge >= 0.3 is 0 Å². The molecule has 0 unspecified atom stereocenters. The molecular weight excluding hydrogens is 533 g/mol. The number of nitrogens with one attached hydrogen (secondary N) is 1. The van der Waals surface area contributed by atoms with Gasteiger partial charge in [0.1, 0.15) is 6.04 Å². The third-order valence-electron chi connectivity index (χ3n) is 7.85. The highest BCUT2D eigenvalue weighted by Crippen LogP contribution is 2.37. The molecular formula is C31H33Cl2N3O3. The molecule has 1 saturated carbocycles. The molecule has 1 fully saturated rings. The van der Waals surface area contributed by atoms with Crippen molar-refractivity contribution in [2.24, 2.45) is 0 Å². The highest BCUT2D eigenvalue weighted by atomic mass is 35.5. The van der Waals surface area contributed by atoms with Crippen molar-refractivity contribution in [2.75, 3.05) is 11.4 Å². The van der Waals surface area contributed by atoms with E-state index < -0.39 is 6.04 Å². The van der Waals surface area contributed by atoms with Crippen LogP contribution >= 0.6 is 23.2 Å². The van der Waals surface area contributed by atoms with Crippen LogP contribution in [0.3, 0.4) is 0 Å². The Labute approximate surface area is 239 Å². The summed E-state index contributed by atoms with van der Waals surface area (Å²) in [6, 6.07) is 16.5. The quantitative estimate of drug-likeness (QED) is 0.295. The number of rotatable bonds is 10. The van der Waals surface area contributed by atoms with E-state index in [1.807, 2.05) is 49.4 Å². The number of amides is 3. The van der Waals surface area contributed by atoms with E-state index in [0.29, 0.717) is 35.0 Å². The van der Waals surface area contributed by atoms with Crippen LogP contribution < -0.4 is 10.2 Å². The van der Waals surface area contributed by atoms with Gasteiger partial charge in [-0.25, -0.2) is 0 Å². The lowest BCUT2D eigenvalue weighted by atomic mass is 10.1. The Bertz CT molecular complexity index is 1400. The van der Waals surface area contributed by atoms with Crippen molar-refractivity contribution < 1.29 is 14.4 Å². The van der Waals surface area contributed by atoms with Crippen molar-refractivity contribution in [1.29, 1.82) is 0 Å². The van der Waals surface area contributed by atoms with E-state index in [0.717, 1.165) is 47.7 Å². The Balaban J connectivity index is 1.31. The molecule has 1 heterocycles. The normalized spacial score (nSPS) is 15.7. The van der Waals surface area contributed by atoms with Crippen molar-refractivity contribution in [2.45, 2.75) is 70.5 Å². The lowest BCUT2D eigenvalue weighted by Crippen LogP contribution is -2.51. The summed E-state index contributed by atoms with van der Waals surface area (Å²) in [5.41, 5.74) is 2.39. The largest absolute Gasteiger partial charge is 0.352 e. The number of carbonyl (C=O) groups is 3. The van der Waals surface area contributed by atoms with Crippen LogP contribution in [0.4, 0.5) is 5.69 Å². The van der Waals surface area contributed by atoms with Gasteiger partial charge in [0.05, 0.1) is 15.7 Å². The van der Waals surface area contributed by atoms with E-state index in [1.165, 1.54) is 0 Å². The maximum Gasteiger partial charge on any atom is 0.258 e. The van der Waals surface area contributed by atoms with E-state index in [2.05, 4.69) is 5.32 Å². The Morgan fingerprint density at radius 2 is 1.79 bits per heavy atom. The highest BCUT2D eigenvalue weighted by molar-refractivity contribution is 6.42. The van der Waals surface area contributed by atoms with Gasteiger partial charge in [-0.15, -0.1) is 0 Å². The van der Waals surface area contributed by atoms with Crippen molar-refractivity contribution in [3.05, 3.63) is 75.8 Å². The Morgan fingerprint density at radius 3 is 2.51 bits per heavy atom. The smallest absolute Gasteiger partial charge is 0.258 e. The first-order valence-corrected chi connectivity index (χ1v) is 14.5. The SMILES string of the molecule is CC[C@@H](C(=O)NC1CCCC1)N(Cc1ccc(Cl)c(Cl)c1)C(=O)CCCN1C(=O)c2cccc3cccc1c23. The average molecular weight is 567 g/mol. The summed E-state index contributed by atoms with van der Waals surface area (Å²) in [5, 5.41) is 6.01. The average Bonchev–Trinajstić information content (AvgIpc) is 3.54. The van der Waals surface area contributed by atoms with Gasteiger partial charge in [-0.1, -0.05) is 73.3 Å². The zero-order valence-corrected chi connectivity index (χ0v) is 23.6. The molecule has 3 amide bonds. The molecule has 1 N–H and O–H groups in total. The second kappa shape index (κ2) is 12.0. The molecule has 0 aromatic heterocycles. The minimum atomic E-state index is -0.598. The summed E-state index contributed by atoms with van der Waals surface area (Å²) < 4.78 is 0. The van der Waals surface area contributed by atoms with Gasteiger partial charge < -0.3 is 15.1 Å². The minimum Gasteiger partial charge on any atom is -0.352 e. The number of anilines is 1. The predicted octanol–water partition coefficient (Wildman–Crippen LogP) is 6.75. The van der Waals surface area contributed by atoms with Gasteiger partial charge in [0.25, 0.3) is 5.91 Å². The van der Waals surface area contributed by atoms with Crippen LogP contribution in [0.25, 0.3) is 10.8 Å². The number of halogens is 2. The first-order valence-electron chi connectivity index (χ1n) is 13.7. The highest BCUT2D eigenvalue weighted by Gasteiger charge is 2.32. The number of benzene rings is 3. The molecule has 0 saturated heterocycles. The molecule has 204 valence electrons. The molecule has 0 bridgehead atoms. The van der Waals surface area contributed by atoms with Gasteiger partial charge in [0.2, 0.25) is 11.8 Å². The number of hydrogen-bond acceptors (Lipinski definition) is 3. The minimum absolute atomic E-state index is 0.0377. The lowest BCUT2D eigenvalue weighted by molar-refractivity contribution is -0.141. The van der Waals surface area contributed by atoms with Crippen LogP contribution in [0.5, 0.6) is 0 Å². The van der Waals surface area contributed by atoms with E-state index in [9.17, 15) is 14.4 Å². The molecule has 2 aliphatic rings. The molecule has 0 radical (unpaired) electrons. The maximum atomic E-state index is 13.7. The molecule has 3 aromatic rings. The molecule has 1 atom stereocenters. The maximum absolute atomic E-state index is 13.7. The van der Waals surface area contributed by atoms with E-state index in [-0.39, 0.29) is 36.7 Å².